The molecule has 1 aromatic heterocycles. The molecule has 25 heavy (non-hydrogen) atoms. The summed E-state index contributed by atoms with van der Waals surface area (Å²) in [6.45, 7) is 7.95. The van der Waals surface area contributed by atoms with Gasteiger partial charge in [0.1, 0.15) is 11.4 Å². The molecule has 0 bridgehead atoms. The third kappa shape index (κ3) is 3.82. The maximum absolute atomic E-state index is 6.46. The first kappa shape index (κ1) is 20.1. The van der Waals surface area contributed by atoms with Crippen LogP contribution in [0.25, 0.3) is 5.69 Å². The van der Waals surface area contributed by atoms with Gasteiger partial charge in [0.15, 0.2) is 0 Å². The van der Waals surface area contributed by atoms with Crippen LogP contribution in [0.5, 0.6) is 5.75 Å². The van der Waals surface area contributed by atoms with Crippen molar-refractivity contribution < 1.29 is 4.74 Å². The van der Waals surface area contributed by atoms with Crippen LogP contribution in [0, 0.1) is 0 Å². The summed E-state index contributed by atoms with van der Waals surface area (Å²) >= 11 is 0. The number of rotatable bonds is 3. The highest BCUT2D eigenvalue weighted by atomic mass is 35.5. The van der Waals surface area contributed by atoms with Crippen molar-refractivity contribution in [3.63, 3.8) is 0 Å². The highest BCUT2D eigenvalue weighted by Crippen LogP contribution is 2.41. The number of aromatic nitrogens is 1. The molecule has 3 heterocycles. The molecule has 2 aliphatic rings. The van der Waals surface area contributed by atoms with Crippen molar-refractivity contribution in [1.82, 2.24) is 14.4 Å². The normalized spacial score (nSPS) is 22.8. The van der Waals surface area contributed by atoms with Gasteiger partial charge in [-0.3, -0.25) is 0 Å². The standard InChI is InChI=1S/C19H25N3O.2ClH/c1-19(9-11-21-14-12-20(2)13-15-21)18-8-5-10-22(18)16-6-3-4-7-17(16)23-19;;/h3-8,10H,9,11-15H2,1-2H3;2*1H. The van der Waals surface area contributed by atoms with Crippen molar-refractivity contribution in [3.8, 4) is 11.4 Å². The summed E-state index contributed by atoms with van der Waals surface area (Å²) < 4.78 is 8.74. The van der Waals surface area contributed by atoms with Gasteiger partial charge >= 0.3 is 0 Å². The zero-order valence-electron chi connectivity index (χ0n) is 14.9. The molecule has 0 spiro atoms. The van der Waals surface area contributed by atoms with Gasteiger partial charge in [0.25, 0.3) is 0 Å². The number of hydrogen-bond donors (Lipinski definition) is 0. The van der Waals surface area contributed by atoms with Crippen LogP contribution in [0.4, 0.5) is 0 Å². The fourth-order valence-corrected chi connectivity index (χ4v) is 3.68. The smallest absolute Gasteiger partial charge is 0.148 e. The predicted molar refractivity (Wildman–Crippen MR) is 107 cm³/mol. The first-order valence-corrected chi connectivity index (χ1v) is 8.53. The molecule has 4 rings (SSSR count). The summed E-state index contributed by atoms with van der Waals surface area (Å²) in [7, 11) is 2.20. The molecular weight excluding hydrogens is 357 g/mol. The zero-order chi connectivity index (χ0) is 15.9. The second kappa shape index (κ2) is 8.00. The Kier molecular flexibility index (Phi) is 6.44. The lowest BCUT2D eigenvalue weighted by molar-refractivity contribution is 0.0424. The SMILES string of the molecule is CN1CCN(CCC2(C)Oc3ccccc3-n3cccc32)CC1.Cl.Cl. The molecule has 4 nitrogen and oxygen atoms in total. The van der Waals surface area contributed by atoms with Gasteiger partial charge in [0.2, 0.25) is 0 Å². The molecule has 0 saturated carbocycles. The van der Waals surface area contributed by atoms with Crippen LogP contribution in [0.2, 0.25) is 0 Å². The number of fused-ring (bicyclic) bond motifs is 3. The Hall–Kier alpha value is -1.20. The van der Waals surface area contributed by atoms with E-state index in [-0.39, 0.29) is 30.4 Å². The van der Waals surface area contributed by atoms with E-state index >= 15 is 0 Å². The van der Waals surface area contributed by atoms with Gasteiger partial charge in [0, 0.05) is 45.3 Å². The molecule has 0 radical (unpaired) electrons. The molecule has 2 aromatic rings. The number of hydrogen-bond acceptors (Lipinski definition) is 3. The van der Waals surface area contributed by atoms with E-state index in [1.165, 1.54) is 5.69 Å². The van der Waals surface area contributed by atoms with Gasteiger partial charge in [-0.25, -0.2) is 0 Å². The molecule has 1 atom stereocenters. The molecule has 138 valence electrons. The van der Waals surface area contributed by atoms with Crippen LogP contribution < -0.4 is 4.74 Å². The fraction of sp³-hybridized carbons (Fsp3) is 0.474. The molecule has 0 N–H and O–H groups in total. The molecule has 1 aromatic carbocycles. The lowest BCUT2D eigenvalue weighted by Crippen LogP contribution is -2.46. The Morgan fingerprint density at radius 1 is 1.00 bits per heavy atom. The van der Waals surface area contributed by atoms with Gasteiger partial charge in [-0.1, -0.05) is 12.1 Å². The Morgan fingerprint density at radius 2 is 1.72 bits per heavy atom. The zero-order valence-corrected chi connectivity index (χ0v) is 16.5. The molecule has 2 aliphatic heterocycles. The number of para-hydroxylation sites is 2. The van der Waals surface area contributed by atoms with Crippen LogP contribution in [0.3, 0.4) is 0 Å². The average Bonchev–Trinajstić information content (AvgIpc) is 3.06. The molecule has 1 unspecified atom stereocenters. The summed E-state index contributed by atoms with van der Waals surface area (Å²) in [6.07, 6.45) is 3.15. The maximum atomic E-state index is 6.46. The number of piperazine rings is 1. The first-order valence-electron chi connectivity index (χ1n) is 8.53. The second-order valence-electron chi connectivity index (χ2n) is 6.96. The molecule has 6 heteroatoms. The average molecular weight is 384 g/mol. The van der Waals surface area contributed by atoms with Crippen LogP contribution in [0.15, 0.2) is 42.6 Å². The van der Waals surface area contributed by atoms with Crippen molar-refractivity contribution >= 4 is 24.8 Å². The van der Waals surface area contributed by atoms with E-state index in [0.29, 0.717) is 0 Å². The molecule has 1 fully saturated rings. The number of benzene rings is 1. The lowest BCUT2D eigenvalue weighted by Gasteiger charge is -2.39. The minimum Gasteiger partial charge on any atom is -0.479 e. The van der Waals surface area contributed by atoms with Crippen molar-refractivity contribution in [2.24, 2.45) is 0 Å². The highest BCUT2D eigenvalue weighted by molar-refractivity contribution is 5.85. The van der Waals surface area contributed by atoms with E-state index in [4.69, 9.17) is 4.74 Å². The Bertz CT molecular complexity index is 697. The number of ether oxygens (including phenoxy) is 1. The first-order chi connectivity index (χ1) is 11.2. The van der Waals surface area contributed by atoms with E-state index in [9.17, 15) is 0 Å². The van der Waals surface area contributed by atoms with Gasteiger partial charge in [0.05, 0.1) is 11.4 Å². The van der Waals surface area contributed by atoms with E-state index in [2.05, 4.69) is 64.9 Å². The van der Waals surface area contributed by atoms with E-state index in [1.807, 2.05) is 6.07 Å². The topological polar surface area (TPSA) is 20.6 Å². The lowest BCUT2D eigenvalue weighted by atomic mass is 9.95. The predicted octanol–water partition coefficient (Wildman–Crippen LogP) is 3.57. The third-order valence-electron chi connectivity index (χ3n) is 5.25. The Labute approximate surface area is 162 Å². The van der Waals surface area contributed by atoms with Crippen LogP contribution in [0.1, 0.15) is 19.0 Å². The molecule has 0 amide bonds. The van der Waals surface area contributed by atoms with E-state index in [1.54, 1.807) is 0 Å². The van der Waals surface area contributed by atoms with Crippen molar-refractivity contribution in [1.29, 1.82) is 0 Å². The minimum atomic E-state index is -0.263. The Morgan fingerprint density at radius 3 is 2.48 bits per heavy atom. The number of nitrogens with zero attached hydrogens (tertiary/aromatic N) is 3. The summed E-state index contributed by atoms with van der Waals surface area (Å²) in [6, 6.07) is 12.6. The monoisotopic (exact) mass is 383 g/mol. The minimum absolute atomic E-state index is 0. The van der Waals surface area contributed by atoms with Crippen molar-refractivity contribution in [2.45, 2.75) is 18.9 Å². The summed E-state index contributed by atoms with van der Waals surface area (Å²) in [4.78, 5) is 4.96. The van der Waals surface area contributed by atoms with E-state index in [0.717, 1.165) is 50.6 Å². The molecule has 0 aliphatic carbocycles. The van der Waals surface area contributed by atoms with Crippen LogP contribution >= 0.6 is 24.8 Å². The van der Waals surface area contributed by atoms with Crippen LogP contribution in [-0.4, -0.2) is 54.1 Å². The second-order valence-corrected chi connectivity index (χ2v) is 6.96. The summed E-state index contributed by atoms with van der Waals surface area (Å²) in [5, 5.41) is 0. The van der Waals surface area contributed by atoms with Gasteiger partial charge < -0.3 is 19.1 Å². The molecule has 1 saturated heterocycles. The van der Waals surface area contributed by atoms with Crippen LogP contribution in [-0.2, 0) is 5.60 Å². The number of halogens is 2. The largest absolute Gasteiger partial charge is 0.479 e. The Balaban J connectivity index is 0.00000113. The summed E-state index contributed by atoms with van der Waals surface area (Å²) in [5.41, 5.74) is 2.14. The summed E-state index contributed by atoms with van der Waals surface area (Å²) in [5.74, 6) is 0.983. The van der Waals surface area contributed by atoms with Crippen molar-refractivity contribution in [2.75, 3.05) is 39.8 Å². The van der Waals surface area contributed by atoms with Crippen molar-refractivity contribution in [3.05, 3.63) is 48.3 Å². The quantitative estimate of drug-likeness (QED) is 0.807. The van der Waals surface area contributed by atoms with Gasteiger partial charge in [-0.05, 0) is 38.2 Å². The number of likely N-dealkylation sites (N-methyl/N-ethyl adjacent to an activating group) is 1. The van der Waals surface area contributed by atoms with E-state index < -0.39 is 0 Å². The fourth-order valence-electron chi connectivity index (χ4n) is 3.68. The molecular formula is C19H27Cl2N3O. The highest BCUT2D eigenvalue weighted by Gasteiger charge is 2.37. The maximum Gasteiger partial charge on any atom is 0.148 e. The van der Waals surface area contributed by atoms with Gasteiger partial charge in [-0.2, -0.15) is 0 Å². The van der Waals surface area contributed by atoms with Gasteiger partial charge in [-0.15, -0.1) is 24.8 Å². The third-order valence-corrected chi connectivity index (χ3v) is 5.25.